The smallest absolute Gasteiger partial charge is 0.136 e. The Balaban J connectivity index is 2.03. The molecule has 20 heavy (non-hydrogen) atoms. The highest BCUT2D eigenvalue weighted by Crippen LogP contribution is 2.19. The molecule has 0 radical (unpaired) electrons. The van der Waals surface area contributed by atoms with E-state index in [0.717, 1.165) is 11.3 Å². The van der Waals surface area contributed by atoms with Gasteiger partial charge in [0.15, 0.2) is 0 Å². The summed E-state index contributed by atoms with van der Waals surface area (Å²) in [6.07, 6.45) is 1.79. The number of aromatic nitrogens is 1. The number of pyridine rings is 1. The number of ether oxygens (including phenoxy) is 1. The van der Waals surface area contributed by atoms with Crippen molar-refractivity contribution in [1.29, 1.82) is 5.26 Å². The number of nitrogens with zero attached hydrogens (tertiary/aromatic N) is 2. The number of hydrogen-bond donors (Lipinski definition) is 1. The lowest BCUT2D eigenvalue weighted by Crippen LogP contribution is -2.19. The second kappa shape index (κ2) is 6.69. The summed E-state index contributed by atoms with van der Waals surface area (Å²) < 4.78 is 5.13. The fraction of sp³-hybridized carbons (Fsp3) is 0.250. The van der Waals surface area contributed by atoms with Crippen molar-refractivity contribution in [2.75, 3.05) is 7.11 Å². The molecule has 1 atom stereocenters. The minimum Gasteiger partial charge on any atom is -0.495 e. The van der Waals surface area contributed by atoms with Crippen molar-refractivity contribution in [2.45, 2.75) is 19.5 Å². The number of nitrogens with one attached hydrogen (secondary N) is 1. The van der Waals surface area contributed by atoms with Crippen LogP contribution in [0, 0.1) is 11.3 Å². The quantitative estimate of drug-likeness (QED) is 0.905. The first kappa shape index (κ1) is 14.0. The van der Waals surface area contributed by atoms with Gasteiger partial charge in [0.25, 0.3) is 0 Å². The van der Waals surface area contributed by atoms with Crippen LogP contribution in [0.15, 0.2) is 42.6 Å². The van der Waals surface area contributed by atoms with E-state index < -0.39 is 0 Å². The van der Waals surface area contributed by atoms with Crippen molar-refractivity contribution in [3.8, 4) is 11.8 Å². The van der Waals surface area contributed by atoms with Gasteiger partial charge in [-0.05, 0) is 36.8 Å². The average Bonchev–Trinajstić information content (AvgIpc) is 2.53. The number of methoxy groups -OCH3 is 1. The van der Waals surface area contributed by atoms with Crippen LogP contribution in [-0.2, 0) is 6.54 Å². The molecule has 1 N–H and O–H groups in total. The molecule has 1 aromatic carbocycles. The summed E-state index contributed by atoms with van der Waals surface area (Å²) in [4.78, 5) is 4.32. The molecule has 0 spiro atoms. The minimum absolute atomic E-state index is 0.156. The van der Waals surface area contributed by atoms with Crippen molar-refractivity contribution < 1.29 is 4.74 Å². The molecule has 0 aliphatic heterocycles. The third-order valence-electron chi connectivity index (χ3n) is 3.13. The van der Waals surface area contributed by atoms with Crippen LogP contribution in [0.2, 0.25) is 0 Å². The van der Waals surface area contributed by atoms with Gasteiger partial charge < -0.3 is 10.1 Å². The third-order valence-corrected chi connectivity index (χ3v) is 3.13. The monoisotopic (exact) mass is 267 g/mol. The largest absolute Gasteiger partial charge is 0.495 e. The van der Waals surface area contributed by atoms with Crippen LogP contribution in [0.5, 0.6) is 5.75 Å². The van der Waals surface area contributed by atoms with Crippen LogP contribution in [0.25, 0.3) is 0 Å². The Kier molecular flexibility index (Phi) is 4.70. The maximum atomic E-state index is 9.07. The molecular weight excluding hydrogens is 250 g/mol. The van der Waals surface area contributed by atoms with E-state index in [0.29, 0.717) is 17.9 Å². The number of nitriles is 1. The Hall–Kier alpha value is -2.38. The van der Waals surface area contributed by atoms with E-state index in [4.69, 9.17) is 10.00 Å². The lowest BCUT2D eigenvalue weighted by molar-refractivity contribution is 0.413. The first-order chi connectivity index (χ1) is 9.74. The van der Waals surface area contributed by atoms with Gasteiger partial charge in [0.05, 0.1) is 18.4 Å². The zero-order chi connectivity index (χ0) is 14.4. The van der Waals surface area contributed by atoms with E-state index in [2.05, 4.69) is 23.3 Å². The molecule has 1 aromatic heterocycles. The molecule has 102 valence electrons. The molecule has 4 nitrogen and oxygen atoms in total. The van der Waals surface area contributed by atoms with Gasteiger partial charge >= 0.3 is 0 Å². The molecule has 2 aromatic rings. The molecule has 0 saturated carbocycles. The number of rotatable bonds is 5. The van der Waals surface area contributed by atoms with Gasteiger partial charge in [-0.3, -0.25) is 4.98 Å². The summed E-state index contributed by atoms with van der Waals surface area (Å²) in [5.74, 6) is 0.606. The van der Waals surface area contributed by atoms with E-state index >= 15 is 0 Å². The Morgan fingerprint density at radius 3 is 2.85 bits per heavy atom. The Labute approximate surface area is 119 Å². The van der Waals surface area contributed by atoms with E-state index in [1.807, 2.05) is 36.4 Å². The standard InChI is InChI=1S/C16H17N3O/c1-12(15-5-3-4-8-18-15)19-11-13-6-7-16(20-2)14(9-13)10-17/h3-9,12,19H,11H2,1-2H3. The SMILES string of the molecule is COc1ccc(CNC(C)c2ccccn2)cc1C#N. The van der Waals surface area contributed by atoms with Gasteiger partial charge in [0.1, 0.15) is 11.8 Å². The highest BCUT2D eigenvalue weighted by molar-refractivity contribution is 5.45. The van der Waals surface area contributed by atoms with Crippen LogP contribution in [-0.4, -0.2) is 12.1 Å². The first-order valence-corrected chi connectivity index (χ1v) is 6.46. The predicted octanol–water partition coefficient (Wildman–Crippen LogP) is 2.81. The van der Waals surface area contributed by atoms with Crippen molar-refractivity contribution >= 4 is 0 Å². The fourth-order valence-corrected chi connectivity index (χ4v) is 1.96. The summed E-state index contributed by atoms with van der Waals surface area (Å²) in [6, 6.07) is 13.8. The van der Waals surface area contributed by atoms with Crippen molar-refractivity contribution in [3.63, 3.8) is 0 Å². The Morgan fingerprint density at radius 2 is 2.20 bits per heavy atom. The number of benzene rings is 1. The molecule has 1 heterocycles. The van der Waals surface area contributed by atoms with Crippen molar-refractivity contribution in [2.24, 2.45) is 0 Å². The molecule has 0 amide bonds. The summed E-state index contributed by atoms with van der Waals surface area (Å²) >= 11 is 0. The summed E-state index contributed by atoms with van der Waals surface area (Å²) in [7, 11) is 1.57. The maximum Gasteiger partial charge on any atom is 0.136 e. The van der Waals surface area contributed by atoms with Gasteiger partial charge in [0.2, 0.25) is 0 Å². The topological polar surface area (TPSA) is 57.9 Å². The normalized spacial score (nSPS) is 11.7. The molecule has 0 fully saturated rings. The fourth-order valence-electron chi connectivity index (χ4n) is 1.96. The lowest BCUT2D eigenvalue weighted by Gasteiger charge is -2.13. The molecule has 0 aliphatic rings. The summed E-state index contributed by atoms with van der Waals surface area (Å²) in [6.45, 7) is 2.74. The van der Waals surface area contributed by atoms with Gasteiger partial charge in [-0.15, -0.1) is 0 Å². The average molecular weight is 267 g/mol. The molecule has 2 rings (SSSR count). The number of hydrogen-bond acceptors (Lipinski definition) is 4. The highest BCUT2D eigenvalue weighted by atomic mass is 16.5. The van der Waals surface area contributed by atoms with Crippen LogP contribution < -0.4 is 10.1 Å². The van der Waals surface area contributed by atoms with Gasteiger partial charge in [-0.2, -0.15) is 5.26 Å². The Bertz CT molecular complexity index is 605. The van der Waals surface area contributed by atoms with Crippen LogP contribution in [0.4, 0.5) is 0 Å². The second-order valence-electron chi connectivity index (χ2n) is 4.50. The first-order valence-electron chi connectivity index (χ1n) is 6.46. The van der Waals surface area contributed by atoms with E-state index in [9.17, 15) is 0 Å². The maximum absolute atomic E-state index is 9.07. The molecule has 0 saturated heterocycles. The Morgan fingerprint density at radius 1 is 1.35 bits per heavy atom. The van der Waals surface area contributed by atoms with Crippen LogP contribution in [0.1, 0.15) is 29.8 Å². The highest BCUT2D eigenvalue weighted by Gasteiger charge is 2.07. The van der Waals surface area contributed by atoms with E-state index in [1.165, 1.54) is 0 Å². The molecule has 1 unspecified atom stereocenters. The lowest BCUT2D eigenvalue weighted by atomic mass is 10.1. The van der Waals surface area contributed by atoms with Gasteiger partial charge in [-0.1, -0.05) is 12.1 Å². The minimum atomic E-state index is 0.156. The predicted molar refractivity (Wildman–Crippen MR) is 77.2 cm³/mol. The van der Waals surface area contributed by atoms with Crippen LogP contribution in [0.3, 0.4) is 0 Å². The molecule has 4 heteroatoms. The van der Waals surface area contributed by atoms with E-state index in [1.54, 1.807) is 13.3 Å². The van der Waals surface area contributed by atoms with Crippen molar-refractivity contribution in [1.82, 2.24) is 10.3 Å². The molecule has 0 aliphatic carbocycles. The zero-order valence-electron chi connectivity index (χ0n) is 11.6. The summed E-state index contributed by atoms with van der Waals surface area (Å²) in [5.41, 5.74) is 2.60. The van der Waals surface area contributed by atoms with Gasteiger partial charge in [0, 0.05) is 18.8 Å². The van der Waals surface area contributed by atoms with E-state index in [-0.39, 0.29) is 6.04 Å². The van der Waals surface area contributed by atoms with Crippen LogP contribution >= 0.6 is 0 Å². The summed E-state index contributed by atoms with van der Waals surface area (Å²) in [5, 5.41) is 12.5. The zero-order valence-corrected chi connectivity index (χ0v) is 11.6. The van der Waals surface area contributed by atoms with Crippen molar-refractivity contribution in [3.05, 3.63) is 59.4 Å². The third kappa shape index (κ3) is 3.34. The molecule has 0 bridgehead atoms. The second-order valence-corrected chi connectivity index (χ2v) is 4.50. The molecular formula is C16H17N3O. The van der Waals surface area contributed by atoms with Gasteiger partial charge in [-0.25, -0.2) is 0 Å².